The number of benzene rings is 1. The molecule has 3 aromatic rings. The molecule has 0 aliphatic carbocycles. The van der Waals surface area contributed by atoms with Gasteiger partial charge in [-0.25, -0.2) is 15.0 Å². The summed E-state index contributed by atoms with van der Waals surface area (Å²) in [5.74, 6) is -0.918. The number of nitrogens with one attached hydrogen (secondary N) is 1. The van der Waals surface area contributed by atoms with Crippen LogP contribution in [0, 0.1) is 5.82 Å². The van der Waals surface area contributed by atoms with Crippen LogP contribution in [0.25, 0.3) is 11.3 Å². The van der Waals surface area contributed by atoms with E-state index in [2.05, 4.69) is 30.1 Å². The van der Waals surface area contributed by atoms with Crippen molar-refractivity contribution >= 4 is 45.7 Å². The summed E-state index contributed by atoms with van der Waals surface area (Å²) >= 11 is 7.31. The average Bonchev–Trinajstić information content (AvgIpc) is 3.73. The van der Waals surface area contributed by atoms with Crippen LogP contribution >= 0.6 is 22.9 Å². The maximum atomic E-state index is 15.9. The molecule has 46 heavy (non-hydrogen) atoms. The molecule has 0 saturated carbocycles. The maximum Gasteiger partial charge on any atom is 0.416 e. The molecule has 0 unspecified atom stereocenters. The van der Waals surface area contributed by atoms with Crippen molar-refractivity contribution in [1.29, 1.82) is 0 Å². The molecule has 0 radical (unpaired) electrons. The van der Waals surface area contributed by atoms with E-state index in [0.717, 1.165) is 31.4 Å². The van der Waals surface area contributed by atoms with E-state index >= 15 is 4.39 Å². The van der Waals surface area contributed by atoms with Crippen LogP contribution < -0.4 is 16.0 Å². The average molecular weight is 685 g/mol. The largest absolute Gasteiger partial charge is 0.466 e. The highest BCUT2D eigenvalue weighted by Gasteiger charge is 2.34. The van der Waals surface area contributed by atoms with Gasteiger partial charge in [0, 0.05) is 53.7 Å². The summed E-state index contributed by atoms with van der Waals surface area (Å²) in [5, 5.41) is 3.11. The lowest BCUT2D eigenvalue weighted by Crippen LogP contribution is -2.39. The third-order valence-corrected chi connectivity index (χ3v) is 9.62. The van der Waals surface area contributed by atoms with Crippen LogP contribution in [0.2, 0.25) is 5.02 Å². The standard InChI is InChI=1S/C30H37ClF4N8O2S/c1-4-45-24(44)8-9-41(3)21-7-10-42(14-21)28-25(32)27(37-16-38-28)40-29-39-26(18-11-19(30(33,34)35)13-20(31)12-18)22(46-29)15-43-17(2)5-6-23(43)36/h11-13,16-17,21,23H,4-10,14-15,36H2,1-3H3,(H,37,38,39,40)/t17-,21+,23+/m1/s1. The Morgan fingerprint density at radius 1 is 1.24 bits per heavy atom. The van der Waals surface area contributed by atoms with E-state index < -0.39 is 17.6 Å². The van der Waals surface area contributed by atoms with Gasteiger partial charge in [-0.05, 0) is 58.4 Å². The minimum atomic E-state index is -4.60. The Hall–Kier alpha value is -3.11. The number of ether oxygens (including phenoxy) is 1. The number of rotatable bonds is 11. The summed E-state index contributed by atoms with van der Waals surface area (Å²) in [4.78, 5) is 31.3. The Morgan fingerprint density at radius 3 is 2.72 bits per heavy atom. The van der Waals surface area contributed by atoms with Gasteiger partial charge in [-0.3, -0.25) is 9.69 Å². The first-order valence-corrected chi connectivity index (χ1v) is 16.3. The molecule has 2 aliphatic heterocycles. The smallest absolute Gasteiger partial charge is 0.416 e. The number of esters is 1. The quantitative estimate of drug-likeness (QED) is 0.187. The van der Waals surface area contributed by atoms with Crippen LogP contribution in [0.15, 0.2) is 24.5 Å². The van der Waals surface area contributed by atoms with Crippen molar-refractivity contribution in [3.63, 3.8) is 0 Å². The topological polar surface area (TPSA) is 113 Å². The van der Waals surface area contributed by atoms with Gasteiger partial charge in [-0.2, -0.15) is 17.6 Å². The van der Waals surface area contributed by atoms with Crippen molar-refractivity contribution in [2.45, 2.75) is 70.5 Å². The Bertz CT molecular complexity index is 1530. The van der Waals surface area contributed by atoms with Crippen LogP contribution in [0.1, 0.15) is 50.0 Å². The van der Waals surface area contributed by atoms with Gasteiger partial charge in [0.05, 0.1) is 30.5 Å². The third kappa shape index (κ3) is 7.88. The second kappa shape index (κ2) is 14.3. The lowest BCUT2D eigenvalue weighted by atomic mass is 10.1. The first kappa shape index (κ1) is 34.2. The lowest BCUT2D eigenvalue weighted by Gasteiger charge is -2.25. The molecular formula is C30H37ClF4N8O2S. The second-order valence-corrected chi connectivity index (χ2v) is 13.1. The van der Waals surface area contributed by atoms with Crippen LogP contribution in [0.4, 0.5) is 34.3 Å². The van der Waals surface area contributed by atoms with Gasteiger partial charge >= 0.3 is 12.1 Å². The van der Waals surface area contributed by atoms with E-state index in [1.807, 2.05) is 18.9 Å². The normalized spacial score (nSPS) is 20.6. The lowest BCUT2D eigenvalue weighted by molar-refractivity contribution is -0.143. The van der Waals surface area contributed by atoms with Gasteiger partial charge in [0.25, 0.3) is 0 Å². The fourth-order valence-electron chi connectivity index (χ4n) is 5.88. The van der Waals surface area contributed by atoms with E-state index in [0.29, 0.717) is 43.4 Å². The monoisotopic (exact) mass is 684 g/mol. The molecule has 4 heterocycles. The number of hydrogen-bond donors (Lipinski definition) is 2. The third-order valence-electron chi connectivity index (χ3n) is 8.45. The number of nitrogens with two attached hydrogens (primary N) is 1. The molecule has 1 aromatic carbocycles. The van der Waals surface area contributed by atoms with E-state index in [4.69, 9.17) is 22.1 Å². The zero-order valence-electron chi connectivity index (χ0n) is 25.8. The Kier molecular flexibility index (Phi) is 10.7. The molecule has 2 aliphatic rings. The van der Waals surface area contributed by atoms with Gasteiger partial charge in [0.15, 0.2) is 16.8 Å². The fourth-order valence-corrected chi connectivity index (χ4v) is 7.11. The number of alkyl halides is 3. The van der Waals surface area contributed by atoms with Gasteiger partial charge in [-0.15, -0.1) is 0 Å². The molecule has 0 amide bonds. The van der Waals surface area contributed by atoms with Crippen LogP contribution in [-0.2, 0) is 22.3 Å². The predicted molar refractivity (Wildman–Crippen MR) is 170 cm³/mol. The van der Waals surface area contributed by atoms with Gasteiger partial charge in [0.2, 0.25) is 5.82 Å². The highest BCUT2D eigenvalue weighted by molar-refractivity contribution is 7.16. The number of carbonyl (C=O) groups is 1. The molecule has 3 atom stereocenters. The Morgan fingerprint density at radius 2 is 2.02 bits per heavy atom. The van der Waals surface area contributed by atoms with Gasteiger partial charge in [-0.1, -0.05) is 22.9 Å². The van der Waals surface area contributed by atoms with Crippen molar-refractivity contribution in [3.05, 3.63) is 45.8 Å². The van der Waals surface area contributed by atoms with Crippen molar-refractivity contribution in [2.75, 3.05) is 43.5 Å². The highest BCUT2D eigenvalue weighted by atomic mass is 35.5. The molecule has 10 nitrogen and oxygen atoms in total. The number of carbonyl (C=O) groups excluding carboxylic acids is 1. The first-order chi connectivity index (χ1) is 21.8. The molecule has 2 aromatic heterocycles. The summed E-state index contributed by atoms with van der Waals surface area (Å²) in [6, 6.07) is 3.57. The van der Waals surface area contributed by atoms with Gasteiger partial charge in [0.1, 0.15) is 6.33 Å². The first-order valence-electron chi connectivity index (χ1n) is 15.1. The highest BCUT2D eigenvalue weighted by Crippen LogP contribution is 2.40. The molecule has 3 N–H and O–H groups in total. The molecule has 5 rings (SSSR count). The Balaban J connectivity index is 1.39. The molecule has 16 heteroatoms. The van der Waals surface area contributed by atoms with Crippen LogP contribution in [0.3, 0.4) is 0 Å². The predicted octanol–water partition coefficient (Wildman–Crippen LogP) is 5.89. The Labute approximate surface area is 273 Å². The number of likely N-dealkylation sites (tertiary alicyclic amines) is 1. The number of hydrogen-bond acceptors (Lipinski definition) is 11. The summed E-state index contributed by atoms with van der Waals surface area (Å²) in [6.45, 7) is 6.07. The molecule has 2 saturated heterocycles. The van der Waals surface area contributed by atoms with Gasteiger partial charge < -0.3 is 25.6 Å². The fraction of sp³-hybridized carbons (Fsp3) is 0.533. The minimum Gasteiger partial charge on any atom is -0.466 e. The molecule has 0 bridgehead atoms. The van der Waals surface area contributed by atoms with E-state index in [1.165, 1.54) is 23.7 Å². The number of aromatic nitrogens is 3. The van der Waals surface area contributed by atoms with E-state index in [1.54, 1.807) is 6.92 Å². The summed E-state index contributed by atoms with van der Waals surface area (Å²) < 4.78 is 61.9. The molecule has 250 valence electrons. The van der Waals surface area contributed by atoms with Crippen molar-refractivity contribution in [3.8, 4) is 11.3 Å². The van der Waals surface area contributed by atoms with Crippen molar-refractivity contribution < 1.29 is 27.1 Å². The van der Waals surface area contributed by atoms with Crippen molar-refractivity contribution in [2.24, 2.45) is 5.73 Å². The molecule has 2 fully saturated rings. The zero-order valence-corrected chi connectivity index (χ0v) is 27.4. The van der Waals surface area contributed by atoms with Crippen LogP contribution in [-0.4, -0.2) is 82.3 Å². The summed E-state index contributed by atoms with van der Waals surface area (Å²) in [7, 11) is 1.92. The summed E-state index contributed by atoms with van der Waals surface area (Å²) in [6.07, 6.45) is -0.849. The molecule has 0 spiro atoms. The van der Waals surface area contributed by atoms with E-state index in [9.17, 15) is 18.0 Å². The maximum absolute atomic E-state index is 15.9. The zero-order chi connectivity index (χ0) is 33.2. The van der Waals surface area contributed by atoms with Crippen molar-refractivity contribution in [1.82, 2.24) is 24.8 Å². The minimum absolute atomic E-state index is 0.0773. The summed E-state index contributed by atoms with van der Waals surface area (Å²) in [5.41, 5.74) is 5.94. The number of thiazole rings is 1. The SMILES string of the molecule is CCOC(=O)CCN(C)[C@H]1CCN(c2ncnc(Nc3nc(-c4cc(Cl)cc(C(F)(F)F)c4)c(CN4[C@H](C)CC[C@H]4N)s3)c2F)C1. The number of anilines is 3. The number of nitrogens with zero attached hydrogens (tertiary/aromatic N) is 6. The number of halogens is 5. The molecular weight excluding hydrogens is 648 g/mol. The van der Waals surface area contributed by atoms with Crippen LogP contribution in [0.5, 0.6) is 0 Å². The van der Waals surface area contributed by atoms with E-state index in [-0.39, 0.29) is 58.0 Å². The second-order valence-electron chi connectivity index (χ2n) is 11.6. The number of likely N-dealkylation sites (N-methyl/N-ethyl adjacent to an activating group) is 1.